The summed E-state index contributed by atoms with van der Waals surface area (Å²) in [6.07, 6.45) is 1.66. The van der Waals surface area contributed by atoms with E-state index in [1.54, 1.807) is 12.3 Å². The molecule has 3 nitrogen and oxygen atoms in total. The molecular formula is C12H14N2O. The van der Waals surface area contributed by atoms with Crippen molar-refractivity contribution in [3.05, 3.63) is 30.0 Å². The van der Waals surface area contributed by atoms with Crippen molar-refractivity contribution in [2.45, 2.75) is 26.2 Å². The first kappa shape index (κ1) is 9.90. The van der Waals surface area contributed by atoms with Crippen LogP contribution in [0.1, 0.15) is 26.3 Å². The van der Waals surface area contributed by atoms with E-state index in [1.165, 1.54) is 0 Å². The Labute approximate surface area is 88.8 Å². The normalized spacial score (nSPS) is 11.9. The lowest BCUT2D eigenvalue weighted by atomic mass is 9.85. The zero-order valence-electron chi connectivity index (χ0n) is 9.15. The number of phenols is 1. The molecule has 0 radical (unpaired) electrons. The molecule has 0 aliphatic rings. The average Bonchev–Trinajstić information content (AvgIpc) is 2.15. The number of nitrogens with zero attached hydrogens (tertiary/aromatic N) is 2. The van der Waals surface area contributed by atoms with Crippen LogP contribution in [-0.2, 0) is 5.41 Å². The summed E-state index contributed by atoms with van der Waals surface area (Å²) in [7, 11) is 0. The van der Waals surface area contributed by atoms with Gasteiger partial charge in [0.2, 0.25) is 0 Å². The Bertz CT molecular complexity index is 500. The fraction of sp³-hybridized carbons (Fsp3) is 0.333. The number of fused-ring (bicyclic) bond motifs is 1. The minimum atomic E-state index is -0.0679. The molecule has 78 valence electrons. The Morgan fingerprint density at radius 2 is 1.93 bits per heavy atom. The number of hydrogen-bond acceptors (Lipinski definition) is 3. The van der Waals surface area contributed by atoms with Crippen LogP contribution in [0.4, 0.5) is 0 Å². The van der Waals surface area contributed by atoms with Crippen LogP contribution in [-0.4, -0.2) is 15.3 Å². The molecule has 1 heterocycles. The predicted octanol–water partition coefficient (Wildman–Crippen LogP) is 2.63. The molecular weight excluding hydrogens is 188 g/mol. The molecule has 3 heteroatoms. The topological polar surface area (TPSA) is 46.0 Å². The van der Waals surface area contributed by atoms with Crippen molar-refractivity contribution in [2.75, 3.05) is 0 Å². The summed E-state index contributed by atoms with van der Waals surface area (Å²) in [5.41, 5.74) is 1.59. The Morgan fingerprint density at radius 3 is 2.60 bits per heavy atom. The van der Waals surface area contributed by atoms with E-state index in [9.17, 15) is 5.11 Å². The second kappa shape index (κ2) is 3.19. The van der Waals surface area contributed by atoms with Crippen LogP contribution in [0.15, 0.2) is 24.4 Å². The van der Waals surface area contributed by atoms with Crippen LogP contribution < -0.4 is 0 Å². The smallest absolute Gasteiger partial charge is 0.121 e. The molecule has 1 N–H and O–H groups in total. The molecule has 0 atom stereocenters. The monoisotopic (exact) mass is 202 g/mol. The minimum Gasteiger partial charge on any atom is -0.508 e. The largest absolute Gasteiger partial charge is 0.508 e. The van der Waals surface area contributed by atoms with Crippen molar-refractivity contribution in [1.82, 2.24) is 10.2 Å². The van der Waals surface area contributed by atoms with Gasteiger partial charge in [0.05, 0.1) is 11.7 Å². The molecule has 2 rings (SSSR count). The number of benzene rings is 1. The van der Waals surface area contributed by atoms with E-state index < -0.39 is 0 Å². The highest BCUT2D eigenvalue weighted by Crippen LogP contribution is 2.33. The van der Waals surface area contributed by atoms with Gasteiger partial charge in [0, 0.05) is 11.5 Å². The zero-order chi connectivity index (χ0) is 11.1. The fourth-order valence-electron chi connectivity index (χ4n) is 1.62. The molecule has 0 amide bonds. The maximum absolute atomic E-state index is 9.88. The van der Waals surface area contributed by atoms with Crippen LogP contribution in [0.3, 0.4) is 0 Å². The summed E-state index contributed by atoms with van der Waals surface area (Å²) in [6.45, 7) is 6.22. The second-order valence-electron chi connectivity index (χ2n) is 4.71. The van der Waals surface area contributed by atoms with Gasteiger partial charge in [-0.1, -0.05) is 20.8 Å². The molecule has 0 bridgehead atoms. The third-order valence-electron chi connectivity index (χ3n) is 2.44. The molecule has 0 fully saturated rings. The van der Waals surface area contributed by atoms with Crippen molar-refractivity contribution in [1.29, 1.82) is 0 Å². The van der Waals surface area contributed by atoms with Gasteiger partial charge in [0.1, 0.15) is 5.75 Å². The first-order valence-corrected chi connectivity index (χ1v) is 4.93. The first-order chi connectivity index (χ1) is 6.98. The Morgan fingerprint density at radius 1 is 1.20 bits per heavy atom. The van der Waals surface area contributed by atoms with E-state index >= 15 is 0 Å². The second-order valence-corrected chi connectivity index (χ2v) is 4.71. The molecule has 0 saturated heterocycles. The highest BCUT2D eigenvalue weighted by molar-refractivity contribution is 5.80. The molecule has 2 aromatic rings. The summed E-state index contributed by atoms with van der Waals surface area (Å²) < 4.78 is 0. The summed E-state index contributed by atoms with van der Waals surface area (Å²) >= 11 is 0. The Kier molecular flexibility index (Phi) is 2.11. The standard InChI is InChI=1S/C12H14N2O/c1-12(2,3)9-6-8-4-5-13-14-10(8)7-11(9)15/h4-7,15H,1-3H3. The molecule has 15 heavy (non-hydrogen) atoms. The number of phenolic OH excluding ortho intramolecular Hbond substituents is 1. The molecule has 0 aliphatic heterocycles. The summed E-state index contributed by atoms with van der Waals surface area (Å²) in [4.78, 5) is 0. The molecule has 0 spiro atoms. The van der Waals surface area contributed by atoms with Crippen LogP contribution in [0.5, 0.6) is 5.75 Å². The highest BCUT2D eigenvalue weighted by Gasteiger charge is 2.18. The Balaban J connectivity index is 2.73. The number of aromatic hydroxyl groups is 1. The van der Waals surface area contributed by atoms with Gasteiger partial charge in [-0.25, -0.2) is 0 Å². The van der Waals surface area contributed by atoms with E-state index in [0.717, 1.165) is 16.5 Å². The van der Waals surface area contributed by atoms with E-state index in [4.69, 9.17) is 0 Å². The van der Waals surface area contributed by atoms with Gasteiger partial charge in [-0.05, 0) is 23.1 Å². The predicted molar refractivity (Wildman–Crippen MR) is 59.9 cm³/mol. The van der Waals surface area contributed by atoms with Crippen molar-refractivity contribution in [2.24, 2.45) is 0 Å². The van der Waals surface area contributed by atoms with Crippen LogP contribution in [0.25, 0.3) is 10.9 Å². The number of rotatable bonds is 0. The quantitative estimate of drug-likeness (QED) is 0.714. The van der Waals surface area contributed by atoms with E-state index in [0.29, 0.717) is 0 Å². The molecule has 1 aromatic heterocycles. The molecule has 0 saturated carbocycles. The van der Waals surface area contributed by atoms with Crippen molar-refractivity contribution in [3.8, 4) is 5.75 Å². The van der Waals surface area contributed by atoms with Gasteiger partial charge in [0.15, 0.2) is 0 Å². The third kappa shape index (κ3) is 1.77. The Hall–Kier alpha value is -1.64. The summed E-state index contributed by atoms with van der Waals surface area (Å²) in [5.74, 6) is 0.288. The maximum atomic E-state index is 9.88. The van der Waals surface area contributed by atoms with Gasteiger partial charge in [-0.15, -0.1) is 0 Å². The van der Waals surface area contributed by atoms with Gasteiger partial charge in [0.25, 0.3) is 0 Å². The van der Waals surface area contributed by atoms with Gasteiger partial charge < -0.3 is 5.11 Å². The van der Waals surface area contributed by atoms with E-state index in [1.807, 2.05) is 12.1 Å². The van der Waals surface area contributed by atoms with Crippen molar-refractivity contribution < 1.29 is 5.11 Å². The van der Waals surface area contributed by atoms with E-state index in [-0.39, 0.29) is 11.2 Å². The summed E-state index contributed by atoms with van der Waals surface area (Å²) in [6, 6.07) is 5.54. The highest BCUT2D eigenvalue weighted by atomic mass is 16.3. The third-order valence-corrected chi connectivity index (χ3v) is 2.44. The van der Waals surface area contributed by atoms with Crippen molar-refractivity contribution >= 4 is 10.9 Å². The number of hydrogen-bond donors (Lipinski definition) is 1. The molecule has 0 aliphatic carbocycles. The minimum absolute atomic E-state index is 0.0679. The van der Waals surface area contributed by atoms with Gasteiger partial charge in [-0.3, -0.25) is 0 Å². The SMILES string of the molecule is CC(C)(C)c1cc2ccnnc2cc1O. The molecule has 1 aromatic carbocycles. The van der Waals surface area contributed by atoms with Gasteiger partial charge >= 0.3 is 0 Å². The fourth-order valence-corrected chi connectivity index (χ4v) is 1.62. The lowest BCUT2D eigenvalue weighted by Crippen LogP contribution is -2.11. The lowest BCUT2D eigenvalue weighted by Gasteiger charge is -2.20. The maximum Gasteiger partial charge on any atom is 0.121 e. The van der Waals surface area contributed by atoms with Crippen molar-refractivity contribution in [3.63, 3.8) is 0 Å². The van der Waals surface area contributed by atoms with E-state index in [2.05, 4.69) is 31.0 Å². The van der Waals surface area contributed by atoms with Crippen LogP contribution in [0, 0.1) is 0 Å². The van der Waals surface area contributed by atoms with Crippen LogP contribution in [0.2, 0.25) is 0 Å². The average molecular weight is 202 g/mol. The summed E-state index contributed by atoms with van der Waals surface area (Å²) in [5, 5.41) is 18.6. The van der Waals surface area contributed by atoms with Gasteiger partial charge in [-0.2, -0.15) is 10.2 Å². The zero-order valence-corrected chi connectivity index (χ0v) is 9.15. The number of aromatic nitrogens is 2. The molecule has 0 unspecified atom stereocenters. The lowest BCUT2D eigenvalue weighted by molar-refractivity contribution is 0.447. The first-order valence-electron chi connectivity index (χ1n) is 4.93. The van der Waals surface area contributed by atoms with Crippen LogP contribution >= 0.6 is 0 Å².